The molecule has 0 aromatic heterocycles. The van der Waals surface area contributed by atoms with Gasteiger partial charge in [-0.2, -0.15) is 0 Å². The zero-order chi connectivity index (χ0) is 21.7. The minimum atomic E-state index is -2.42. The van der Waals surface area contributed by atoms with Gasteiger partial charge in [0.25, 0.3) is 8.32 Å². The van der Waals surface area contributed by atoms with Crippen molar-refractivity contribution in [3.63, 3.8) is 0 Å². The van der Waals surface area contributed by atoms with Crippen LogP contribution in [-0.2, 0) is 9.22 Å². The van der Waals surface area contributed by atoms with Gasteiger partial charge in [-0.3, -0.25) is 4.79 Å². The Kier molecular flexibility index (Phi) is 7.36. The molecule has 3 heteroatoms. The smallest absolute Gasteiger partial charge is 0.261 e. The van der Waals surface area contributed by atoms with Crippen molar-refractivity contribution in [2.75, 3.05) is 6.61 Å². The van der Waals surface area contributed by atoms with Crippen LogP contribution in [0.2, 0.25) is 5.04 Å². The van der Waals surface area contributed by atoms with E-state index in [2.05, 4.69) is 88.4 Å². The summed E-state index contributed by atoms with van der Waals surface area (Å²) in [4.78, 5) is 11.9. The fourth-order valence-corrected chi connectivity index (χ4v) is 9.83. The first-order valence-electron chi connectivity index (χ1n) is 11.5. The van der Waals surface area contributed by atoms with E-state index in [0.29, 0.717) is 5.78 Å². The highest BCUT2D eigenvalue weighted by molar-refractivity contribution is 6.99. The molecule has 1 aliphatic rings. The molecule has 0 saturated heterocycles. The van der Waals surface area contributed by atoms with E-state index < -0.39 is 8.32 Å². The summed E-state index contributed by atoms with van der Waals surface area (Å²) < 4.78 is 6.98. The average molecular weight is 423 g/mol. The number of hydrogen-bond acceptors (Lipinski definition) is 2. The molecule has 0 spiro atoms. The molecule has 0 bridgehead atoms. The standard InChI is InChI=1S/C27H38O2Si/c1-26(2,3)30(24-15-7-5-8-16-24,25-17-9-6-10-18-25)29-21-12-11-19-27(4)20-13-14-23(28)22-27/h5-10,15-18H,11-14,19-22H2,1-4H3/t27-/m1/s1. The molecule has 0 heterocycles. The van der Waals surface area contributed by atoms with E-state index in [9.17, 15) is 4.79 Å². The van der Waals surface area contributed by atoms with Crippen LogP contribution in [0.1, 0.15) is 72.6 Å². The molecule has 0 aliphatic heterocycles. The second-order valence-electron chi connectivity index (χ2n) is 10.3. The van der Waals surface area contributed by atoms with E-state index in [1.165, 1.54) is 16.8 Å². The van der Waals surface area contributed by atoms with Crippen LogP contribution in [0, 0.1) is 5.41 Å². The quantitative estimate of drug-likeness (QED) is 0.392. The Labute approximate surface area is 184 Å². The first-order valence-corrected chi connectivity index (χ1v) is 13.4. The van der Waals surface area contributed by atoms with E-state index in [0.717, 1.165) is 45.1 Å². The third-order valence-electron chi connectivity index (χ3n) is 6.77. The Morgan fingerprint density at radius 1 is 0.933 bits per heavy atom. The van der Waals surface area contributed by atoms with Crippen molar-refractivity contribution in [3.8, 4) is 0 Å². The molecule has 0 N–H and O–H groups in total. The number of ketones is 1. The van der Waals surface area contributed by atoms with Gasteiger partial charge >= 0.3 is 0 Å². The molecule has 1 atom stereocenters. The van der Waals surface area contributed by atoms with Crippen LogP contribution in [0.15, 0.2) is 60.7 Å². The van der Waals surface area contributed by atoms with Gasteiger partial charge in [-0.25, -0.2) is 0 Å². The molecule has 1 saturated carbocycles. The largest absolute Gasteiger partial charge is 0.407 e. The summed E-state index contributed by atoms with van der Waals surface area (Å²) in [6, 6.07) is 21.7. The number of unbranched alkanes of at least 4 members (excludes halogenated alkanes) is 1. The molecule has 30 heavy (non-hydrogen) atoms. The number of Topliss-reactive ketones (excluding diaryl/α,β-unsaturated/α-hetero) is 1. The van der Waals surface area contributed by atoms with Gasteiger partial charge in [0.05, 0.1) is 0 Å². The Balaban J connectivity index is 1.74. The third-order valence-corrected chi connectivity index (χ3v) is 11.8. The summed E-state index contributed by atoms with van der Waals surface area (Å²) >= 11 is 0. The highest BCUT2D eigenvalue weighted by Gasteiger charge is 2.49. The van der Waals surface area contributed by atoms with E-state index >= 15 is 0 Å². The lowest BCUT2D eigenvalue weighted by molar-refractivity contribution is -0.123. The van der Waals surface area contributed by atoms with Gasteiger partial charge in [0.2, 0.25) is 0 Å². The van der Waals surface area contributed by atoms with E-state index in [-0.39, 0.29) is 10.5 Å². The summed E-state index contributed by atoms with van der Waals surface area (Å²) in [5.41, 5.74) is 0.201. The molecule has 2 aromatic rings. The van der Waals surface area contributed by atoms with Crippen LogP contribution in [0.3, 0.4) is 0 Å². The highest BCUT2D eigenvalue weighted by Crippen LogP contribution is 2.39. The van der Waals surface area contributed by atoms with Gasteiger partial charge in [-0.15, -0.1) is 0 Å². The molecule has 0 amide bonds. The Morgan fingerprint density at radius 3 is 2.00 bits per heavy atom. The van der Waals surface area contributed by atoms with Crippen molar-refractivity contribution >= 4 is 24.5 Å². The van der Waals surface area contributed by atoms with Gasteiger partial charge < -0.3 is 4.43 Å². The van der Waals surface area contributed by atoms with Gasteiger partial charge in [0.1, 0.15) is 5.78 Å². The molecule has 3 rings (SSSR count). The maximum atomic E-state index is 11.9. The lowest BCUT2D eigenvalue weighted by atomic mass is 9.72. The SMILES string of the molecule is CC(C)(C)[Si](OCCCC[C@]1(C)CCCC(=O)C1)(c1ccccc1)c1ccccc1. The average Bonchev–Trinajstić information content (AvgIpc) is 2.71. The van der Waals surface area contributed by atoms with Crippen molar-refractivity contribution in [1.29, 1.82) is 0 Å². The Morgan fingerprint density at radius 2 is 1.50 bits per heavy atom. The summed E-state index contributed by atoms with van der Waals surface area (Å²) in [5.74, 6) is 0.451. The third kappa shape index (κ3) is 5.12. The highest BCUT2D eigenvalue weighted by atomic mass is 28.4. The topological polar surface area (TPSA) is 26.3 Å². The van der Waals surface area contributed by atoms with Crippen LogP contribution >= 0.6 is 0 Å². The molecule has 1 fully saturated rings. The van der Waals surface area contributed by atoms with Crippen LogP contribution < -0.4 is 10.4 Å². The summed E-state index contributed by atoms with van der Waals surface area (Å²) in [7, 11) is -2.42. The fourth-order valence-electron chi connectivity index (χ4n) is 5.22. The van der Waals surface area contributed by atoms with Crippen LogP contribution in [0.5, 0.6) is 0 Å². The monoisotopic (exact) mass is 422 g/mol. The zero-order valence-electron chi connectivity index (χ0n) is 19.2. The van der Waals surface area contributed by atoms with Gasteiger partial charge in [0.15, 0.2) is 0 Å². The molecular formula is C27H38O2Si. The van der Waals surface area contributed by atoms with Gasteiger partial charge in [-0.1, -0.05) is 94.8 Å². The van der Waals surface area contributed by atoms with E-state index in [4.69, 9.17) is 4.43 Å². The number of rotatable bonds is 8. The summed E-state index contributed by atoms with van der Waals surface area (Å²) in [5, 5.41) is 2.71. The molecule has 0 radical (unpaired) electrons. The maximum absolute atomic E-state index is 11.9. The van der Waals surface area contributed by atoms with Crippen molar-refractivity contribution in [2.45, 2.75) is 77.7 Å². The fraction of sp³-hybridized carbons (Fsp3) is 0.519. The lowest BCUT2D eigenvalue weighted by Gasteiger charge is -2.43. The zero-order valence-corrected chi connectivity index (χ0v) is 20.2. The molecular weight excluding hydrogens is 384 g/mol. The lowest BCUT2D eigenvalue weighted by Crippen LogP contribution is -2.66. The molecule has 2 aromatic carbocycles. The number of hydrogen-bond donors (Lipinski definition) is 0. The van der Waals surface area contributed by atoms with E-state index in [1.807, 2.05) is 0 Å². The molecule has 1 aliphatic carbocycles. The normalized spacial score (nSPS) is 20.3. The predicted octanol–water partition coefficient (Wildman–Crippen LogP) is 5.88. The molecule has 0 unspecified atom stereocenters. The Bertz CT molecular complexity index is 770. The number of carbonyl (C=O) groups excluding carboxylic acids is 1. The second kappa shape index (κ2) is 9.61. The molecule has 2 nitrogen and oxygen atoms in total. The van der Waals surface area contributed by atoms with Crippen molar-refractivity contribution < 1.29 is 9.22 Å². The van der Waals surface area contributed by atoms with Gasteiger partial charge in [-0.05, 0) is 46.5 Å². The Hall–Kier alpha value is -1.71. The second-order valence-corrected chi connectivity index (χ2v) is 14.7. The van der Waals surface area contributed by atoms with Gasteiger partial charge in [0, 0.05) is 19.4 Å². The maximum Gasteiger partial charge on any atom is 0.261 e. The van der Waals surface area contributed by atoms with Crippen LogP contribution in [0.4, 0.5) is 0 Å². The van der Waals surface area contributed by atoms with Crippen molar-refractivity contribution in [3.05, 3.63) is 60.7 Å². The number of benzene rings is 2. The summed E-state index contributed by atoms with van der Waals surface area (Å²) in [6.45, 7) is 10.1. The molecule has 162 valence electrons. The van der Waals surface area contributed by atoms with Crippen molar-refractivity contribution in [1.82, 2.24) is 0 Å². The number of carbonyl (C=O) groups is 1. The minimum absolute atomic E-state index is 0.0253. The van der Waals surface area contributed by atoms with Crippen LogP contribution in [-0.4, -0.2) is 20.7 Å². The first kappa shape index (κ1) is 23.0. The van der Waals surface area contributed by atoms with Crippen LogP contribution in [0.25, 0.3) is 0 Å². The first-order chi connectivity index (χ1) is 14.3. The van der Waals surface area contributed by atoms with E-state index in [1.54, 1.807) is 0 Å². The minimum Gasteiger partial charge on any atom is -0.407 e. The predicted molar refractivity (Wildman–Crippen MR) is 129 cm³/mol. The van der Waals surface area contributed by atoms with Crippen molar-refractivity contribution in [2.24, 2.45) is 5.41 Å². The summed E-state index contributed by atoms with van der Waals surface area (Å²) in [6.07, 6.45) is 7.11.